The summed E-state index contributed by atoms with van der Waals surface area (Å²) in [5, 5.41) is 0.272. The third kappa shape index (κ3) is 5.33. The highest BCUT2D eigenvalue weighted by Gasteiger charge is 2.28. The van der Waals surface area contributed by atoms with Crippen LogP contribution in [-0.4, -0.2) is 27.7 Å². The van der Waals surface area contributed by atoms with E-state index in [9.17, 15) is 26.7 Å². The van der Waals surface area contributed by atoms with Crippen molar-refractivity contribution in [3.05, 3.63) is 58.2 Å². The minimum absolute atomic E-state index is 0.0444. The topological polar surface area (TPSA) is 68.9 Å². The van der Waals surface area contributed by atoms with Gasteiger partial charge in [-0.05, 0) is 36.2 Å². The molecule has 0 aliphatic heterocycles. The van der Waals surface area contributed by atoms with Crippen LogP contribution in [0.4, 0.5) is 27.8 Å². The minimum Gasteiger partial charge on any atom is -0.382 e. The molecule has 4 nitrogen and oxygen atoms in total. The molecule has 0 saturated carbocycles. The first kappa shape index (κ1) is 22.2. The SMILES string of the molecule is Cc1cc(F)c(CC(=O)c2sc(-c3cncc(F)c3)nc2N)cc1SCC(F)(F)F. The number of thioether (sulfide) groups is 1. The Labute approximate surface area is 176 Å². The van der Waals surface area contributed by atoms with Gasteiger partial charge in [0.15, 0.2) is 5.78 Å². The fraction of sp³-hybridized carbons (Fsp3) is 0.211. The highest BCUT2D eigenvalue weighted by Crippen LogP contribution is 2.33. The van der Waals surface area contributed by atoms with E-state index in [-0.39, 0.29) is 26.2 Å². The van der Waals surface area contributed by atoms with Crippen molar-refractivity contribution in [2.45, 2.75) is 24.4 Å². The summed E-state index contributed by atoms with van der Waals surface area (Å²) < 4.78 is 65.2. The summed E-state index contributed by atoms with van der Waals surface area (Å²) >= 11 is 1.43. The summed E-state index contributed by atoms with van der Waals surface area (Å²) in [6.45, 7) is 1.49. The molecule has 0 unspecified atom stereocenters. The van der Waals surface area contributed by atoms with E-state index >= 15 is 0 Å². The van der Waals surface area contributed by atoms with Crippen LogP contribution in [0.2, 0.25) is 0 Å². The molecule has 0 saturated heterocycles. The Balaban J connectivity index is 1.84. The number of aromatic nitrogens is 2. The van der Waals surface area contributed by atoms with Gasteiger partial charge in [0.05, 0.1) is 11.9 Å². The average Bonchev–Trinajstić information content (AvgIpc) is 3.04. The number of benzene rings is 1. The molecule has 2 heterocycles. The molecule has 3 aromatic rings. The van der Waals surface area contributed by atoms with Gasteiger partial charge < -0.3 is 5.73 Å². The van der Waals surface area contributed by atoms with Crippen molar-refractivity contribution in [3.63, 3.8) is 0 Å². The van der Waals surface area contributed by atoms with E-state index in [1.807, 2.05) is 0 Å². The first-order valence-electron chi connectivity index (χ1n) is 8.42. The van der Waals surface area contributed by atoms with Crippen LogP contribution in [0.5, 0.6) is 0 Å². The van der Waals surface area contributed by atoms with E-state index in [1.54, 1.807) is 0 Å². The summed E-state index contributed by atoms with van der Waals surface area (Å²) in [7, 11) is 0. The molecule has 0 bridgehead atoms. The van der Waals surface area contributed by atoms with Gasteiger partial charge in [-0.2, -0.15) is 13.2 Å². The number of rotatable bonds is 6. The lowest BCUT2D eigenvalue weighted by molar-refractivity contribution is -0.105. The second-order valence-electron chi connectivity index (χ2n) is 6.34. The van der Waals surface area contributed by atoms with Crippen LogP contribution in [0, 0.1) is 18.6 Å². The van der Waals surface area contributed by atoms with Crippen molar-refractivity contribution in [2.75, 3.05) is 11.5 Å². The van der Waals surface area contributed by atoms with Gasteiger partial charge in [0.1, 0.15) is 27.3 Å². The summed E-state index contributed by atoms with van der Waals surface area (Å²) in [6.07, 6.45) is -2.40. The number of ketones is 1. The Morgan fingerprint density at radius 1 is 1.20 bits per heavy atom. The molecule has 0 aliphatic rings. The number of aryl methyl sites for hydroxylation is 1. The van der Waals surface area contributed by atoms with Gasteiger partial charge in [0.25, 0.3) is 0 Å². The quantitative estimate of drug-likeness (QED) is 0.301. The number of Topliss-reactive ketones (excluding diaryl/α,β-unsaturated/α-hetero) is 1. The van der Waals surface area contributed by atoms with Gasteiger partial charge >= 0.3 is 6.18 Å². The van der Waals surface area contributed by atoms with Crippen molar-refractivity contribution in [1.82, 2.24) is 9.97 Å². The number of carbonyl (C=O) groups is 1. The number of halogens is 5. The zero-order valence-corrected chi connectivity index (χ0v) is 17.0. The second-order valence-corrected chi connectivity index (χ2v) is 8.35. The molecule has 1 aromatic carbocycles. The van der Waals surface area contributed by atoms with Crippen molar-refractivity contribution in [3.8, 4) is 10.6 Å². The number of alkyl halides is 3. The monoisotopic (exact) mass is 459 g/mol. The molecule has 0 atom stereocenters. The molecule has 3 rings (SSSR count). The number of nitrogens with two attached hydrogens (primary N) is 1. The Morgan fingerprint density at radius 3 is 2.60 bits per heavy atom. The molecular formula is C19H14F5N3OS2. The molecule has 11 heteroatoms. The maximum absolute atomic E-state index is 14.3. The molecule has 0 radical (unpaired) electrons. The van der Waals surface area contributed by atoms with Gasteiger partial charge in [-0.25, -0.2) is 13.8 Å². The third-order valence-electron chi connectivity index (χ3n) is 3.94. The number of pyridine rings is 1. The fourth-order valence-corrected chi connectivity index (χ4v) is 4.32. The van der Waals surface area contributed by atoms with Gasteiger partial charge in [0.2, 0.25) is 0 Å². The Morgan fingerprint density at radius 2 is 1.93 bits per heavy atom. The summed E-state index contributed by atoms with van der Waals surface area (Å²) in [4.78, 5) is 20.7. The van der Waals surface area contributed by atoms with Gasteiger partial charge in [0, 0.05) is 23.1 Å². The van der Waals surface area contributed by atoms with Crippen LogP contribution in [-0.2, 0) is 6.42 Å². The predicted octanol–water partition coefficient (Wildman–Crippen LogP) is 5.45. The molecule has 30 heavy (non-hydrogen) atoms. The number of nitrogen functional groups attached to an aromatic ring is 1. The van der Waals surface area contributed by atoms with Crippen LogP contribution in [0.1, 0.15) is 20.8 Å². The number of carbonyl (C=O) groups excluding carboxylic acids is 1. The van der Waals surface area contributed by atoms with Gasteiger partial charge in [-0.15, -0.1) is 23.1 Å². The van der Waals surface area contributed by atoms with Crippen molar-refractivity contribution >= 4 is 34.7 Å². The second kappa shape index (κ2) is 8.68. The lowest BCUT2D eigenvalue weighted by Gasteiger charge is -2.11. The van der Waals surface area contributed by atoms with E-state index < -0.39 is 35.8 Å². The van der Waals surface area contributed by atoms with Gasteiger partial charge in [-0.3, -0.25) is 9.78 Å². The summed E-state index contributed by atoms with van der Waals surface area (Å²) in [5.41, 5.74) is 6.43. The Kier molecular flexibility index (Phi) is 6.41. The fourth-order valence-electron chi connectivity index (χ4n) is 2.58. The van der Waals surface area contributed by atoms with Crippen LogP contribution in [0.3, 0.4) is 0 Å². The van der Waals surface area contributed by atoms with Crippen molar-refractivity contribution in [1.29, 1.82) is 0 Å². The van der Waals surface area contributed by atoms with E-state index in [4.69, 9.17) is 5.73 Å². The van der Waals surface area contributed by atoms with Crippen molar-refractivity contribution in [2.24, 2.45) is 0 Å². The number of nitrogens with zero attached hydrogens (tertiary/aromatic N) is 2. The zero-order valence-electron chi connectivity index (χ0n) is 15.4. The largest absolute Gasteiger partial charge is 0.398 e. The van der Waals surface area contributed by atoms with Crippen LogP contribution in [0.15, 0.2) is 35.5 Å². The molecular weight excluding hydrogens is 445 g/mol. The lowest BCUT2D eigenvalue weighted by Crippen LogP contribution is -2.11. The normalized spacial score (nSPS) is 11.7. The van der Waals surface area contributed by atoms with E-state index in [2.05, 4.69) is 9.97 Å². The first-order chi connectivity index (χ1) is 14.0. The maximum Gasteiger partial charge on any atom is 0.398 e. The van der Waals surface area contributed by atoms with Crippen LogP contribution < -0.4 is 5.73 Å². The highest BCUT2D eigenvalue weighted by molar-refractivity contribution is 7.99. The number of anilines is 1. The van der Waals surface area contributed by atoms with Crippen molar-refractivity contribution < 1.29 is 26.7 Å². The summed E-state index contributed by atoms with van der Waals surface area (Å²) in [6, 6.07) is 3.53. The molecule has 158 valence electrons. The number of hydrogen-bond acceptors (Lipinski definition) is 6. The highest BCUT2D eigenvalue weighted by atomic mass is 32.2. The molecule has 0 aliphatic carbocycles. The third-order valence-corrected chi connectivity index (χ3v) is 6.33. The Bertz CT molecular complexity index is 1100. The van der Waals surface area contributed by atoms with E-state index in [0.29, 0.717) is 22.9 Å². The smallest absolute Gasteiger partial charge is 0.382 e. The number of thiazole rings is 1. The maximum atomic E-state index is 14.3. The minimum atomic E-state index is -4.37. The molecule has 0 fully saturated rings. The molecule has 2 aromatic heterocycles. The number of hydrogen-bond donors (Lipinski definition) is 1. The summed E-state index contributed by atoms with van der Waals surface area (Å²) in [5.74, 6) is -3.05. The average molecular weight is 459 g/mol. The predicted molar refractivity (Wildman–Crippen MR) is 106 cm³/mol. The van der Waals surface area contributed by atoms with E-state index in [1.165, 1.54) is 25.3 Å². The van der Waals surface area contributed by atoms with Crippen LogP contribution >= 0.6 is 23.1 Å². The van der Waals surface area contributed by atoms with Crippen LogP contribution in [0.25, 0.3) is 10.6 Å². The molecule has 0 spiro atoms. The zero-order chi connectivity index (χ0) is 22.1. The first-order valence-corrected chi connectivity index (χ1v) is 10.2. The standard InChI is InChI=1S/C19H14F5N3OS2/c1-9-2-13(21)10(5-15(9)29-8-19(22,23)24)4-14(28)16-17(25)27-18(30-16)11-3-12(20)7-26-6-11/h2-3,5-7H,4,8,25H2,1H3. The molecule has 0 amide bonds. The Hall–Kier alpha value is -2.53. The lowest BCUT2D eigenvalue weighted by atomic mass is 10.1. The van der Waals surface area contributed by atoms with Gasteiger partial charge in [-0.1, -0.05) is 0 Å². The molecule has 2 N–H and O–H groups in total. The van der Waals surface area contributed by atoms with E-state index in [0.717, 1.165) is 23.6 Å².